The molecule has 1 amide bonds. The number of carbonyl (C=O) groups excluding carboxylic acids is 1. The van der Waals surface area contributed by atoms with Gasteiger partial charge < -0.3 is 10.8 Å². The van der Waals surface area contributed by atoms with E-state index in [0.29, 0.717) is 0 Å². The molecule has 2 rings (SSSR count). The molecule has 6 nitrogen and oxygen atoms in total. The van der Waals surface area contributed by atoms with Gasteiger partial charge in [0, 0.05) is 5.75 Å². The average molecular weight is 216 g/mol. The molecule has 14 heavy (non-hydrogen) atoms. The number of nitrogens with two attached hydrogens (primary N) is 1. The summed E-state index contributed by atoms with van der Waals surface area (Å²) in [7, 11) is -1.28. The second-order valence-corrected chi connectivity index (χ2v) is 4.64. The molecule has 0 aromatic carbocycles. The highest BCUT2D eigenvalue weighted by atomic mass is 32.2. The Morgan fingerprint density at radius 1 is 1.71 bits per heavy atom. The lowest BCUT2D eigenvalue weighted by Crippen LogP contribution is -2.71. The summed E-state index contributed by atoms with van der Waals surface area (Å²) in [6, 6.07) is -0.820. The zero-order valence-corrected chi connectivity index (χ0v) is 7.86. The third-order valence-electron chi connectivity index (χ3n) is 2.27. The van der Waals surface area contributed by atoms with Crippen molar-refractivity contribution in [3.05, 3.63) is 11.8 Å². The number of nitrogens with zero attached hydrogens (tertiary/aromatic N) is 1. The molecule has 2 aliphatic rings. The first-order chi connectivity index (χ1) is 6.54. The predicted octanol–water partition coefficient (Wildman–Crippen LogP) is -1.79. The molecule has 76 valence electrons. The third kappa shape index (κ3) is 1.02. The van der Waals surface area contributed by atoms with Gasteiger partial charge in [0.2, 0.25) is 5.91 Å². The van der Waals surface area contributed by atoms with Gasteiger partial charge in [0.1, 0.15) is 17.1 Å². The maximum atomic E-state index is 11.4. The number of carbonyl (C=O) groups is 2. The Balaban J connectivity index is 2.37. The van der Waals surface area contributed by atoms with Crippen molar-refractivity contribution in [3.63, 3.8) is 0 Å². The average Bonchev–Trinajstić information content (AvgIpc) is 2.15. The molecular weight excluding hydrogens is 208 g/mol. The Hall–Kier alpha value is -1.21. The maximum absolute atomic E-state index is 11.4. The number of carboxylic acid groups (broad SMARTS) is 1. The van der Waals surface area contributed by atoms with E-state index < -0.39 is 34.1 Å². The molecule has 2 aliphatic heterocycles. The van der Waals surface area contributed by atoms with Crippen LogP contribution in [0.2, 0.25) is 0 Å². The van der Waals surface area contributed by atoms with E-state index in [1.807, 2.05) is 0 Å². The van der Waals surface area contributed by atoms with E-state index in [2.05, 4.69) is 0 Å². The lowest BCUT2D eigenvalue weighted by atomic mass is 10.1. The molecule has 2 heterocycles. The summed E-state index contributed by atoms with van der Waals surface area (Å²) in [5.74, 6) is -1.52. The number of amides is 1. The molecular formula is C7H8N2O4S. The third-order valence-corrected chi connectivity index (χ3v) is 3.81. The predicted molar refractivity (Wildman–Crippen MR) is 47.3 cm³/mol. The van der Waals surface area contributed by atoms with E-state index in [0.717, 1.165) is 4.90 Å². The minimum Gasteiger partial charge on any atom is -0.477 e. The first-order valence-corrected chi connectivity index (χ1v) is 5.31. The second kappa shape index (κ2) is 2.89. The van der Waals surface area contributed by atoms with Gasteiger partial charge in [-0.25, -0.2) is 4.79 Å². The molecule has 1 saturated heterocycles. The van der Waals surface area contributed by atoms with E-state index in [9.17, 15) is 13.8 Å². The maximum Gasteiger partial charge on any atom is 0.352 e. The molecule has 0 saturated carbocycles. The van der Waals surface area contributed by atoms with Crippen LogP contribution in [-0.4, -0.2) is 43.3 Å². The first kappa shape index (κ1) is 9.35. The van der Waals surface area contributed by atoms with Crippen LogP contribution in [0.25, 0.3) is 0 Å². The van der Waals surface area contributed by atoms with Gasteiger partial charge in [0.15, 0.2) is 0 Å². The molecule has 1 fully saturated rings. The summed E-state index contributed by atoms with van der Waals surface area (Å²) in [5.41, 5.74) is 5.32. The summed E-state index contributed by atoms with van der Waals surface area (Å²) in [5, 5.41) is 8.09. The highest BCUT2D eigenvalue weighted by Gasteiger charge is 2.53. The lowest BCUT2D eigenvalue weighted by Gasteiger charge is -2.46. The van der Waals surface area contributed by atoms with E-state index >= 15 is 0 Å². The highest BCUT2D eigenvalue weighted by molar-refractivity contribution is 7.86. The molecule has 0 spiro atoms. The molecule has 0 bridgehead atoms. The Morgan fingerprint density at radius 2 is 2.36 bits per heavy atom. The smallest absolute Gasteiger partial charge is 0.352 e. The Bertz CT molecular complexity index is 378. The van der Waals surface area contributed by atoms with E-state index in [-0.39, 0.29) is 11.4 Å². The standard InChI is InChI=1S/C7H8N2O4S/c8-4-5(10)9-3(7(11)12)1-2-14(13)6(4)9/h1,4,6H,2,8H2,(H,11,12)/t4-,6-,14?/m1/s1. The van der Waals surface area contributed by atoms with Gasteiger partial charge in [-0.15, -0.1) is 0 Å². The Labute approximate surface area is 81.8 Å². The summed E-state index contributed by atoms with van der Waals surface area (Å²) >= 11 is 0. The Kier molecular flexibility index (Phi) is 1.93. The number of hydrogen-bond donors (Lipinski definition) is 2. The Morgan fingerprint density at radius 3 is 2.93 bits per heavy atom. The first-order valence-electron chi connectivity index (χ1n) is 3.93. The second-order valence-electron chi connectivity index (χ2n) is 3.07. The normalized spacial score (nSPS) is 35.8. The number of carboxylic acids is 1. The number of rotatable bonds is 1. The largest absolute Gasteiger partial charge is 0.477 e. The number of aliphatic carboxylic acids is 1. The van der Waals surface area contributed by atoms with Crippen LogP contribution in [-0.2, 0) is 20.4 Å². The van der Waals surface area contributed by atoms with Gasteiger partial charge in [-0.05, 0) is 6.08 Å². The van der Waals surface area contributed by atoms with Crippen LogP contribution in [0.4, 0.5) is 0 Å². The SMILES string of the molecule is N[C@@H]1C(=O)N2C(C(=O)O)=CCS(=O)[C@H]12. The van der Waals surface area contributed by atoms with Crippen LogP contribution in [0.3, 0.4) is 0 Å². The molecule has 0 radical (unpaired) electrons. The van der Waals surface area contributed by atoms with Crippen LogP contribution in [0, 0.1) is 0 Å². The topological polar surface area (TPSA) is 101 Å². The minimum atomic E-state index is -1.28. The summed E-state index contributed by atoms with van der Waals surface area (Å²) in [4.78, 5) is 22.9. The van der Waals surface area contributed by atoms with E-state index in [1.165, 1.54) is 6.08 Å². The monoisotopic (exact) mass is 216 g/mol. The van der Waals surface area contributed by atoms with Crippen LogP contribution < -0.4 is 5.73 Å². The van der Waals surface area contributed by atoms with Crippen molar-refractivity contribution in [1.29, 1.82) is 0 Å². The minimum absolute atomic E-state index is 0.110. The number of β-lactam (4-membered cyclic amide) rings is 1. The van der Waals surface area contributed by atoms with Crippen LogP contribution >= 0.6 is 0 Å². The summed E-state index contributed by atoms with van der Waals surface area (Å²) in [6.07, 6.45) is 1.29. The van der Waals surface area contributed by atoms with Gasteiger partial charge in [0.25, 0.3) is 0 Å². The molecule has 3 N–H and O–H groups in total. The number of hydrogen-bond acceptors (Lipinski definition) is 4. The molecule has 0 aliphatic carbocycles. The molecule has 0 aromatic rings. The van der Waals surface area contributed by atoms with Crippen molar-refractivity contribution >= 4 is 22.7 Å². The van der Waals surface area contributed by atoms with E-state index in [1.54, 1.807) is 0 Å². The van der Waals surface area contributed by atoms with Gasteiger partial charge >= 0.3 is 5.97 Å². The van der Waals surface area contributed by atoms with Gasteiger partial charge in [0.05, 0.1) is 10.8 Å². The zero-order valence-electron chi connectivity index (χ0n) is 7.04. The quantitative estimate of drug-likeness (QED) is 0.504. The molecule has 1 unspecified atom stereocenters. The van der Waals surface area contributed by atoms with Crippen molar-refractivity contribution in [3.8, 4) is 0 Å². The van der Waals surface area contributed by atoms with Crippen molar-refractivity contribution in [2.24, 2.45) is 5.73 Å². The fraction of sp³-hybridized carbons (Fsp3) is 0.429. The molecule has 3 atom stereocenters. The zero-order chi connectivity index (χ0) is 10.5. The van der Waals surface area contributed by atoms with Crippen molar-refractivity contribution < 1.29 is 18.9 Å². The van der Waals surface area contributed by atoms with Crippen molar-refractivity contribution in [1.82, 2.24) is 4.90 Å². The van der Waals surface area contributed by atoms with Gasteiger partial charge in [-0.1, -0.05) is 0 Å². The summed E-state index contributed by atoms with van der Waals surface area (Å²) in [6.45, 7) is 0. The van der Waals surface area contributed by atoms with Crippen molar-refractivity contribution in [2.45, 2.75) is 11.4 Å². The van der Waals surface area contributed by atoms with Crippen LogP contribution in [0.5, 0.6) is 0 Å². The van der Waals surface area contributed by atoms with Gasteiger partial charge in [-0.2, -0.15) is 0 Å². The fourth-order valence-corrected chi connectivity index (χ4v) is 2.99. The highest BCUT2D eigenvalue weighted by Crippen LogP contribution is 2.30. The fourth-order valence-electron chi connectivity index (χ4n) is 1.57. The number of fused-ring (bicyclic) bond motifs is 1. The lowest BCUT2D eigenvalue weighted by molar-refractivity contribution is -0.148. The molecule has 7 heteroatoms. The summed E-state index contributed by atoms with van der Waals surface area (Å²) < 4.78 is 11.4. The van der Waals surface area contributed by atoms with Crippen LogP contribution in [0.1, 0.15) is 0 Å². The molecule has 0 aromatic heterocycles. The van der Waals surface area contributed by atoms with Crippen LogP contribution in [0.15, 0.2) is 11.8 Å². The van der Waals surface area contributed by atoms with Gasteiger partial charge in [-0.3, -0.25) is 13.9 Å². The van der Waals surface area contributed by atoms with Crippen molar-refractivity contribution in [2.75, 3.05) is 5.75 Å². The van der Waals surface area contributed by atoms with E-state index in [4.69, 9.17) is 10.8 Å².